The van der Waals surface area contributed by atoms with Crippen molar-refractivity contribution in [1.29, 1.82) is 0 Å². The van der Waals surface area contributed by atoms with Gasteiger partial charge < -0.3 is 10.6 Å². The molecule has 0 saturated carbocycles. The lowest BCUT2D eigenvalue weighted by molar-refractivity contribution is 0.673. The lowest BCUT2D eigenvalue weighted by Crippen LogP contribution is -2.38. The molecule has 5 nitrogen and oxygen atoms in total. The van der Waals surface area contributed by atoms with E-state index >= 15 is 0 Å². The van der Waals surface area contributed by atoms with E-state index in [1.807, 2.05) is 25.0 Å². The van der Waals surface area contributed by atoms with Crippen molar-refractivity contribution in [2.75, 3.05) is 20.1 Å². The van der Waals surface area contributed by atoms with Gasteiger partial charge in [-0.05, 0) is 36.0 Å². The van der Waals surface area contributed by atoms with E-state index in [1.165, 1.54) is 16.7 Å². The monoisotopic (exact) mass is 517 g/mol. The Morgan fingerprint density at radius 2 is 1.57 bits per heavy atom. The minimum absolute atomic E-state index is 0. The van der Waals surface area contributed by atoms with Gasteiger partial charge in [-0.1, -0.05) is 60.7 Å². The molecule has 0 aliphatic heterocycles. The smallest absolute Gasteiger partial charge is 0.190 e. The largest absolute Gasteiger partial charge is 0.356 e. The van der Waals surface area contributed by atoms with Gasteiger partial charge in [0.2, 0.25) is 0 Å². The summed E-state index contributed by atoms with van der Waals surface area (Å²) in [5.41, 5.74) is 3.96. The van der Waals surface area contributed by atoms with Crippen molar-refractivity contribution < 1.29 is 0 Å². The van der Waals surface area contributed by atoms with E-state index in [2.05, 4.69) is 87.6 Å². The Labute approximate surface area is 197 Å². The Hall–Kier alpha value is -2.35. The Bertz CT molecular complexity index is 837. The molecule has 3 rings (SSSR count). The van der Waals surface area contributed by atoms with Crippen LogP contribution >= 0.6 is 24.0 Å². The van der Waals surface area contributed by atoms with E-state index in [4.69, 9.17) is 0 Å². The van der Waals surface area contributed by atoms with Crippen molar-refractivity contribution in [3.8, 4) is 0 Å². The van der Waals surface area contributed by atoms with Crippen LogP contribution in [0.3, 0.4) is 0 Å². The summed E-state index contributed by atoms with van der Waals surface area (Å²) in [6.45, 7) is 1.74. The van der Waals surface area contributed by atoms with Gasteiger partial charge in [0.25, 0.3) is 0 Å². The topological polar surface area (TPSA) is 54.2 Å². The van der Waals surface area contributed by atoms with Gasteiger partial charge in [-0.3, -0.25) is 9.67 Å². The highest BCUT2D eigenvalue weighted by atomic mass is 127. The van der Waals surface area contributed by atoms with E-state index in [0.29, 0.717) is 5.92 Å². The zero-order chi connectivity index (χ0) is 20.3. The Kier molecular flexibility index (Phi) is 10.4. The summed E-state index contributed by atoms with van der Waals surface area (Å²) >= 11 is 0. The van der Waals surface area contributed by atoms with Gasteiger partial charge in [0.1, 0.15) is 0 Å². The standard InChI is InChI=1S/C24H31N5.HI/c1-25-24(26-16-9-10-20-18-28-29(2)19-20)27-17-15-23(21-11-5-3-6-12-21)22-13-7-4-8-14-22;/h3-8,11-14,18-19,23H,9-10,15-17H2,1-2H3,(H2,25,26,27);1H. The number of aliphatic imine (C=N–C) groups is 1. The molecule has 0 spiro atoms. The number of benzene rings is 2. The zero-order valence-electron chi connectivity index (χ0n) is 17.8. The van der Waals surface area contributed by atoms with Gasteiger partial charge in [-0.2, -0.15) is 5.10 Å². The van der Waals surface area contributed by atoms with E-state index in [0.717, 1.165) is 38.3 Å². The number of hydrogen-bond acceptors (Lipinski definition) is 2. The normalized spacial score (nSPS) is 11.2. The van der Waals surface area contributed by atoms with Gasteiger partial charge in [0, 0.05) is 39.3 Å². The molecule has 0 fully saturated rings. The second kappa shape index (κ2) is 13.1. The first-order valence-electron chi connectivity index (χ1n) is 10.3. The molecule has 1 aromatic heterocycles. The zero-order valence-corrected chi connectivity index (χ0v) is 20.1. The summed E-state index contributed by atoms with van der Waals surface area (Å²) in [6, 6.07) is 21.4. The predicted octanol–water partition coefficient (Wildman–Crippen LogP) is 4.36. The maximum Gasteiger partial charge on any atom is 0.190 e. The molecular weight excluding hydrogens is 485 g/mol. The molecule has 3 aromatic rings. The quantitative estimate of drug-likeness (QED) is 0.192. The van der Waals surface area contributed by atoms with E-state index < -0.39 is 0 Å². The van der Waals surface area contributed by atoms with Crippen LogP contribution in [0.4, 0.5) is 0 Å². The highest BCUT2D eigenvalue weighted by Crippen LogP contribution is 2.27. The van der Waals surface area contributed by atoms with Gasteiger partial charge in [0.05, 0.1) is 6.20 Å². The molecule has 30 heavy (non-hydrogen) atoms. The lowest BCUT2D eigenvalue weighted by atomic mass is 9.88. The van der Waals surface area contributed by atoms with E-state index in [9.17, 15) is 0 Å². The summed E-state index contributed by atoms with van der Waals surface area (Å²) in [6.07, 6.45) is 7.07. The molecule has 0 amide bonds. The molecule has 6 heteroatoms. The minimum atomic E-state index is 0. The molecule has 0 aliphatic carbocycles. The number of rotatable bonds is 9. The molecule has 0 aliphatic rings. The van der Waals surface area contributed by atoms with Crippen molar-refractivity contribution in [2.45, 2.75) is 25.2 Å². The van der Waals surface area contributed by atoms with Crippen LogP contribution in [0.15, 0.2) is 78.0 Å². The molecule has 2 N–H and O–H groups in total. The van der Waals surface area contributed by atoms with Crippen molar-refractivity contribution >= 4 is 29.9 Å². The van der Waals surface area contributed by atoms with Crippen molar-refractivity contribution in [3.05, 3.63) is 89.7 Å². The average Bonchev–Trinajstić information content (AvgIpc) is 3.19. The van der Waals surface area contributed by atoms with Crippen LogP contribution in [0.2, 0.25) is 0 Å². The Morgan fingerprint density at radius 1 is 0.967 bits per heavy atom. The van der Waals surface area contributed by atoms with Crippen LogP contribution in [-0.2, 0) is 13.5 Å². The van der Waals surface area contributed by atoms with Gasteiger partial charge in [0.15, 0.2) is 5.96 Å². The van der Waals surface area contributed by atoms with Gasteiger partial charge >= 0.3 is 0 Å². The number of nitrogens with one attached hydrogen (secondary N) is 2. The van der Waals surface area contributed by atoms with Gasteiger partial charge in [-0.25, -0.2) is 0 Å². The third-order valence-corrected chi connectivity index (χ3v) is 5.05. The predicted molar refractivity (Wildman–Crippen MR) is 136 cm³/mol. The third-order valence-electron chi connectivity index (χ3n) is 5.05. The summed E-state index contributed by atoms with van der Waals surface area (Å²) in [5, 5.41) is 11.1. The van der Waals surface area contributed by atoms with Crippen molar-refractivity contribution in [1.82, 2.24) is 20.4 Å². The molecule has 0 unspecified atom stereocenters. The Balaban J connectivity index is 0.00000320. The summed E-state index contributed by atoms with van der Waals surface area (Å²) in [5.74, 6) is 1.23. The number of hydrogen-bond donors (Lipinski definition) is 2. The fourth-order valence-corrected chi connectivity index (χ4v) is 3.55. The minimum Gasteiger partial charge on any atom is -0.356 e. The van der Waals surface area contributed by atoms with Gasteiger partial charge in [-0.15, -0.1) is 24.0 Å². The fraction of sp³-hybridized carbons (Fsp3) is 0.333. The first kappa shape index (κ1) is 23.9. The number of aryl methyl sites for hydroxylation is 2. The SMILES string of the molecule is CN=C(NCCCc1cnn(C)c1)NCCC(c1ccccc1)c1ccccc1.I. The second-order valence-corrected chi connectivity index (χ2v) is 7.21. The van der Waals surface area contributed by atoms with Crippen molar-refractivity contribution in [3.63, 3.8) is 0 Å². The molecule has 160 valence electrons. The molecule has 0 bridgehead atoms. The molecular formula is C24H32IN5. The molecule has 0 saturated heterocycles. The highest BCUT2D eigenvalue weighted by Gasteiger charge is 2.13. The Morgan fingerprint density at radius 3 is 2.10 bits per heavy atom. The highest BCUT2D eigenvalue weighted by molar-refractivity contribution is 14.0. The number of halogens is 1. The number of guanidine groups is 1. The van der Waals surface area contributed by atoms with E-state index in [-0.39, 0.29) is 24.0 Å². The molecule has 0 atom stereocenters. The average molecular weight is 517 g/mol. The summed E-state index contributed by atoms with van der Waals surface area (Å²) < 4.78 is 1.85. The molecule has 1 heterocycles. The van der Waals surface area contributed by atoms with Crippen LogP contribution in [0.5, 0.6) is 0 Å². The van der Waals surface area contributed by atoms with Crippen LogP contribution in [0, 0.1) is 0 Å². The van der Waals surface area contributed by atoms with E-state index in [1.54, 1.807) is 0 Å². The van der Waals surface area contributed by atoms with Crippen LogP contribution in [0.1, 0.15) is 35.4 Å². The van der Waals surface area contributed by atoms with Crippen LogP contribution in [0.25, 0.3) is 0 Å². The number of aromatic nitrogens is 2. The first-order chi connectivity index (χ1) is 14.3. The third kappa shape index (κ3) is 7.48. The first-order valence-corrected chi connectivity index (χ1v) is 10.3. The summed E-state index contributed by atoms with van der Waals surface area (Å²) in [7, 11) is 3.77. The summed E-state index contributed by atoms with van der Waals surface area (Å²) in [4.78, 5) is 4.36. The van der Waals surface area contributed by atoms with Crippen LogP contribution in [-0.4, -0.2) is 35.9 Å². The van der Waals surface area contributed by atoms with Crippen LogP contribution < -0.4 is 10.6 Å². The molecule has 0 radical (unpaired) electrons. The van der Waals surface area contributed by atoms with Crippen molar-refractivity contribution in [2.24, 2.45) is 12.0 Å². The second-order valence-electron chi connectivity index (χ2n) is 7.21. The fourth-order valence-electron chi connectivity index (χ4n) is 3.55. The molecule has 2 aromatic carbocycles. The maximum atomic E-state index is 4.36. The maximum absolute atomic E-state index is 4.36. The number of nitrogens with zero attached hydrogens (tertiary/aromatic N) is 3. The lowest BCUT2D eigenvalue weighted by Gasteiger charge is -2.19.